The first kappa shape index (κ1) is 21.9. The summed E-state index contributed by atoms with van der Waals surface area (Å²) < 4.78 is 5.11. The Morgan fingerprint density at radius 3 is 2.37 bits per heavy atom. The van der Waals surface area contributed by atoms with Gasteiger partial charge in [-0.2, -0.15) is 0 Å². The largest absolute Gasteiger partial charge is 0.383 e. The molecule has 2 aliphatic heterocycles. The van der Waals surface area contributed by atoms with Crippen molar-refractivity contribution in [3.05, 3.63) is 0 Å². The molecule has 0 radical (unpaired) electrons. The third-order valence-electron chi connectivity index (χ3n) is 5.60. The average Bonchev–Trinajstić information content (AvgIpc) is 3.23. The van der Waals surface area contributed by atoms with E-state index >= 15 is 0 Å². The van der Waals surface area contributed by atoms with Crippen LogP contribution in [0.4, 0.5) is 0 Å². The standard InChI is InChI=1S/C19H38N6O2/c1-17(18(26)24-8-5-6-9-24)23-11-13-25(14-12-23)19(20-2)21-7-10-22(3)15-16-27-4/h17H,5-16H2,1-4H3,(H,20,21). The van der Waals surface area contributed by atoms with Crippen molar-refractivity contribution in [1.29, 1.82) is 0 Å². The zero-order chi connectivity index (χ0) is 19.6. The zero-order valence-corrected chi connectivity index (χ0v) is 17.6. The summed E-state index contributed by atoms with van der Waals surface area (Å²) in [5, 5.41) is 3.46. The predicted octanol–water partition coefficient (Wildman–Crippen LogP) is -0.231. The molecule has 1 unspecified atom stereocenters. The third kappa shape index (κ3) is 6.62. The number of likely N-dealkylation sites (tertiary alicyclic amines) is 1. The van der Waals surface area contributed by atoms with Crippen LogP contribution in [0, 0.1) is 0 Å². The fourth-order valence-corrected chi connectivity index (χ4v) is 3.73. The van der Waals surface area contributed by atoms with Crippen molar-refractivity contribution in [3.8, 4) is 0 Å². The van der Waals surface area contributed by atoms with Gasteiger partial charge in [0.25, 0.3) is 0 Å². The van der Waals surface area contributed by atoms with Crippen LogP contribution >= 0.6 is 0 Å². The van der Waals surface area contributed by atoms with E-state index in [2.05, 4.69) is 39.0 Å². The van der Waals surface area contributed by atoms with Crippen LogP contribution in [0.25, 0.3) is 0 Å². The van der Waals surface area contributed by atoms with Crippen molar-refractivity contribution in [2.75, 3.05) is 86.7 Å². The summed E-state index contributed by atoms with van der Waals surface area (Å²) in [6.45, 7) is 11.0. The van der Waals surface area contributed by atoms with Crippen molar-refractivity contribution < 1.29 is 9.53 Å². The molecule has 8 heteroatoms. The van der Waals surface area contributed by atoms with Gasteiger partial charge in [-0.1, -0.05) is 0 Å². The molecule has 0 aliphatic carbocycles. The number of carbonyl (C=O) groups is 1. The second-order valence-electron chi connectivity index (χ2n) is 7.50. The van der Waals surface area contributed by atoms with E-state index in [1.54, 1.807) is 7.11 Å². The first-order valence-electron chi connectivity index (χ1n) is 10.2. The molecule has 2 rings (SSSR count). The minimum absolute atomic E-state index is 0.0188. The third-order valence-corrected chi connectivity index (χ3v) is 5.60. The quantitative estimate of drug-likeness (QED) is 0.462. The molecule has 1 atom stereocenters. The van der Waals surface area contributed by atoms with E-state index in [1.165, 1.54) is 0 Å². The van der Waals surface area contributed by atoms with Gasteiger partial charge in [0.05, 0.1) is 12.6 Å². The molecule has 2 aliphatic rings. The fourth-order valence-electron chi connectivity index (χ4n) is 3.73. The van der Waals surface area contributed by atoms with Gasteiger partial charge in [-0.25, -0.2) is 0 Å². The highest BCUT2D eigenvalue weighted by Crippen LogP contribution is 2.14. The number of nitrogens with zero attached hydrogens (tertiary/aromatic N) is 5. The smallest absolute Gasteiger partial charge is 0.239 e. The van der Waals surface area contributed by atoms with Crippen LogP contribution in [0.5, 0.6) is 0 Å². The Morgan fingerprint density at radius 2 is 1.78 bits per heavy atom. The Morgan fingerprint density at radius 1 is 1.11 bits per heavy atom. The summed E-state index contributed by atoms with van der Waals surface area (Å²) in [6, 6.07) is -0.0188. The molecule has 1 N–H and O–H groups in total. The van der Waals surface area contributed by atoms with Gasteiger partial charge in [-0.05, 0) is 26.8 Å². The SMILES string of the molecule is CN=C(NCCN(C)CCOC)N1CCN(C(C)C(=O)N2CCCC2)CC1. The van der Waals surface area contributed by atoms with E-state index in [-0.39, 0.29) is 6.04 Å². The highest BCUT2D eigenvalue weighted by atomic mass is 16.5. The van der Waals surface area contributed by atoms with Gasteiger partial charge in [0, 0.05) is 73.1 Å². The first-order valence-corrected chi connectivity index (χ1v) is 10.2. The van der Waals surface area contributed by atoms with E-state index in [1.807, 2.05) is 11.9 Å². The maximum atomic E-state index is 12.6. The Labute approximate surface area is 164 Å². The maximum Gasteiger partial charge on any atom is 0.239 e. The highest BCUT2D eigenvalue weighted by molar-refractivity contribution is 5.82. The van der Waals surface area contributed by atoms with Crippen LogP contribution in [0.1, 0.15) is 19.8 Å². The molecule has 0 aromatic carbocycles. The molecule has 156 valence electrons. The minimum Gasteiger partial charge on any atom is -0.383 e. The lowest BCUT2D eigenvalue weighted by molar-refractivity contribution is -0.135. The summed E-state index contributed by atoms with van der Waals surface area (Å²) in [6.07, 6.45) is 2.30. The van der Waals surface area contributed by atoms with E-state index in [9.17, 15) is 4.79 Å². The number of ether oxygens (including phenoxy) is 1. The summed E-state index contributed by atoms with van der Waals surface area (Å²) >= 11 is 0. The van der Waals surface area contributed by atoms with Crippen molar-refractivity contribution in [2.24, 2.45) is 4.99 Å². The topological polar surface area (TPSA) is 63.7 Å². The number of carbonyl (C=O) groups excluding carboxylic acids is 1. The summed E-state index contributed by atoms with van der Waals surface area (Å²) in [4.78, 5) is 25.9. The van der Waals surface area contributed by atoms with Crippen LogP contribution in [0.3, 0.4) is 0 Å². The number of hydrogen-bond donors (Lipinski definition) is 1. The molecule has 2 saturated heterocycles. The Hall–Kier alpha value is -1.38. The Bertz CT molecular complexity index is 473. The fraction of sp³-hybridized carbons (Fsp3) is 0.895. The van der Waals surface area contributed by atoms with Crippen LogP contribution in [0.2, 0.25) is 0 Å². The van der Waals surface area contributed by atoms with Crippen molar-refractivity contribution in [1.82, 2.24) is 24.9 Å². The monoisotopic (exact) mass is 382 g/mol. The molecule has 1 amide bonds. The second kappa shape index (κ2) is 11.5. The molecule has 27 heavy (non-hydrogen) atoms. The van der Waals surface area contributed by atoms with Crippen LogP contribution < -0.4 is 5.32 Å². The van der Waals surface area contributed by atoms with Crippen LogP contribution in [-0.2, 0) is 9.53 Å². The molecule has 0 bridgehead atoms. The maximum absolute atomic E-state index is 12.6. The molecular weight excluding hydrogens is 344 g/mol. The number of guanidine groups is 1. The second-order valence-corrected chi connectivity index (χ2v) is 7.50. The van der Waals surface area contributed by atoms with Gasteiger partial charge in [-0.15, -0.1) is 0 Å². The van der Waals surface area contributed by atoms with E-state index in [4.69, 9.17) is 4.74 Å². The Balaban J connectivity index is 1.72. The number of rotatable bonds is 8. The molecule has 8 nitrogen and oxygen atoms in total. The average molecular weight is 383 g/mol. The lowest BCUT2D eigenvalue weighted by Crippen LogP contribution is -2.57. The number of amides is 1. The van der Waals surface area contributed by atoms with Gasteiger partial charge >= 0.3 is 0 Å². The van der Waals surface area contributed by atoms with Crippen LogP contribution in [0.15, 0.2) is 4.99 Å². The minimum atomic E-state index is -0.0188. The molecule has 0 aromatic rings. The van der Waals surface area contributed by atoms with Gasteiger partial charge in [0.1, 0.15) is 0 Å². The number of hydrogen-bond acceptors (Lipinski definition) is 5. The van der Waals surface area contributed by atoms with Crippen molar-refractivity contribution in [2.45, 2.75) is 25.8 Å². The first-order chi connectivity index (χ1) is 13.1. The van der Waals surface area contributed by atoms with Crippen molar-refractivity contribution in [3.63, 3.8) is 0 Å². The van der Waals surface area contributed by atoms with Gasteiger partial charge < -0.3 is 24.8 Å². The summed E-state index contributed by atoms with van der Waals surface area (Å²) in [7, 11) is 5.66. The lowest BCUT2D eigenvalue weighted by atomic mass is 10.2. The molecule has 0 saturated carbocycles. The number of nitrogens with one attached hydrogen (secondary N) is 1. The van der Waals surface area contributed by atoms with Gasteiger partial charge in [0.15, 0.2) is 5.96 Å². The molecule has 0 aromatic heterocycles. The number of methoxy groups -OCH3 is 1. The van der Waals surface area contributed by atoms with E-state index in [0.29, 0.717) is 5.91 Å². The van der Waals surface area contributed by atoms with Gasteiger partial charge in [0.2, 0.25) is 5.91 Å². The molecule has 2 heterocycles. The number of piperazine rings is 1. The normalized spacial score (nSPS) is 20.4. The Kier molecular flexibility index (Phi) is 9.30. The zero-order valence-electron chi connectivity index (χ0n) is 17.6. The molecule has 2 fully saturated rings. The van der Waals surface area contributed by atoms with Crippen LogP contribution in [-0.4, -0.2) is 124 Å². The predicted molar refractivity (Wildman–Crippen MR) is 109 cm³/mol. The van der Waals surface area contributed by atoms with Gasteiger partial charge in [-0.3, -0.25) is 14.7 Å². The molecular formula is C19H38N6O2. The van der Waals surface area contributed by atoms with Crippen molar-refractivity contribution >= 4 is 11.9 Å². The highest BCUT2D eigenvalue weighted by Gasteiger charge is 2.30. The van der Waals surface area contributed by atoms with E-state index in [0.717, 1.165) is 84.3 Å². The summed E-state index contributed by atoms with van der Waals surface area (Å²) in [5.74, 6) is 1.25. The molecule has 0 spiro atoms. The van der Waals surface area contributed by atoms with E-state index < -0.39 is 0 Å². The number of aliphatic imine (C=N–C) groups is 1. The lowest BCUT2D eigenvalue weighted by Gasteiger charge is -2.39. The summed E-state index contributed by atoms with van der Waals surface area (Å²) in [5.41, 5.74) is 0. The number of likely N-dealkylation sites (N-methyl/N-ethyl adjacent to an activating group) is 1.